The van der Waals surface area contributed by atoms with Crippen LogP contribution in [0.5, 0.6) is 0 Å². The van der Waals surface area contributed by atoms with Gasteiger partial charge in [0.05, 0.1) is 0 Å². The van der Waals surface area contributed by atoms with Crippen LogP contribution in [0.25, 0.3) is 0 Å². The number of benzene rings is 1. The average Bonchev–Trinajstić information content (AvgIpc) is 2.70. The molecule has 0 atom stereocenters. The van der Waals surface area contributed by atoms with Gasteiger partial charge in [-0.15, -0.1) is 0 Å². The summed E-state index contributed by atoms with van der Waals surface area (Å²) in [6.45, 7) is 0.586. The number of esters is 1. The zero-order valence-electron chi connectivity index (χ0n) is 15.5. The molecule has 1 aliphatic rings. The first kappa shape index (κ1) is 19.6. The number of carbonyl (C=O) groups excluding carboxylic acids is 2. The third kappa shape index (κ3) is 5.42. The van der Waals surface area contributed by atoms with Gasteiger partial charge in [-0.2, -0.15) is 0 Å². The molecular weight excluding hydrogens is 362 g/mol. The number of carbonyl (C=O) groups is 2. The first-order valence-electron chi connectivity index (χ1n) is 9.28. The highest BCUT2D eigenvalue weighted by Gasteiger charge is 2.23. The fraction of sp³-hybridized carbons (Fsp3) is 0.400. The molecule has 1 fully saturated rings. The van der Waals surface area contributed by atoms with Gasteiger partial charge in [0.15, 0.2) is 6.61 Å². The number of H-pyrrole nitrogens is 1. The van der Waals surface area contributed by atoms with Crippen molar-refractivity contribution in [3.05, 3.63) is 69.0 Å². The van der Waals surface area contributed by atoms with Gasteiger partial charge < -0.3 is 9.64 Å². The minimum atomic E-state index is -0.707. The number of nitrogens with zero attached hydrogens (tertiary/aromatic N) is 2. The third-order valence-electron chi connectivity index (χ3n) is 4.89. The smallest absolute Gasteiger partial charge is 0.328 e. The van der Waals surface area contributed by atoms with Crippen LogP contribution in [0.1, 0.15) is 18.4 Å². The lowest BCUT2D eigenvalue weighted by Crippen LogP contribution is -2.41. The number of likely N-dealkylation sites (tertiary alicyclic amines) is 1. The number of ether oxygens (including phenoxy) is 1. The van der Waals surface area contributed by atoms with E-state index in [4.69, 9.17) is 4.74 Å². The Morgan fingerprint density at radius 1 is 1.07 bits per heavy atom. The molecule has 0 radical (unpaired) electrons. The Morgan fingerprint density at radius 3 is 2.46 bits per heavy atom. The minimum Gasteiger partial charge on any atom is -0.454 e. The van der Waals surface area contributed by atoms with Crippen molar-refractivity contribution in [1.29, 1.82) is 0 Å². The third-order valence-corrected chi connectivity index (χ3v) is 4.89. The molecule has 2 aromatic rings. The maximum Gasteiger partial charge on any atom is 0.328 e. The predicted molar refractivity (Wildman–Crippen MR) is 102 cm³/mol. The number of rotatable bonds is 6. The summed E-state index contributed by atoms with van der Waals surface area (Å²) in [6, 6.07) is 11.4. The zero-order valence-corrected chi connectivity index (χ0v) is 15.5. The molecule has 8 heteroatoms. The van der Waals surface area contributed by atoms with Gasteiger partial charge >= 0.3 is 11.7 Å². The Hall–Kier alpha value is -3.16. The Balaban J connectivity index is 1.41. The van der Waals surface area contributed by atoms with Crippen molar-refractivity contribution in [3.8, 4) is 0 Å². The number of aromatic nitrogens is 2. The maximum atomic E-state index is 12.3. The van der Waals surface area contributed by atoms with Crippen LogP contribution in [0.2, 0.25) is 0 Å². The van der Waals surface area contributed by atoms with Crippen molar-refractivity contribution in [2.45, 2.75) is 25.8 Å². The lowest BCUT2D eigenvalue weighted by Gasteiger charge is -2.32. The van der Waals surface area contributed by atoms with Crippen LogP contribution in [-0.4, -0.2) is 46.0 Å². The van der Waals surface area contributed by atoms with Gasteiger partial charge in [-0.05, 0) is 30.7 Å². The number of amides is 1. The van der Waals surface area contributed by atoms with Gasteiger partial charge in [0, 0.05) is 25.4 Å². The lowest BCUT2D eigenvalue weighted by atomic mass is 9.90. The predicted octanol–water partition coefficient (Wildman–Crippen LogP) is 0.561. The van der Waals surface area contributed by atoms with Gasteiger partial charge in [-0.1, -0.05) is 30.3 Å². The molecular formula is C20H23N3O5. The first-order chi connectivity index (χ1) is 13.5. The minimum absolute atomic E-state index is 0.236. The van der Waals surface area contributed by atoms with E-state index in [0.29, 0.717) is 19.0 Å². The summed E-state index contributed by atoms with van der Waals surface area (Å²) in [6.07, 6.45) is 4.05. The van der Waals surface area contributed by atoms with Crippen molar-refractivity contribution >= 4 is 11.9 Å². The Bertz CT molecular complexity index is 927. The van der Waals surface area contributed by atoms with Crippen molar-refractivity contribution in [2.75, 3.05) is 19.7 Å². The molecule has 1 aromatic heterocycles. The number of piperidine rings is 1. The second-order valence-electron chi connectivity index (χ2n) is 6.91. The van der Waals surface area contributed by atoms with Crippen molar-refractivity contribution < 1.29 is 14.3 Å². The number of hydrogen-bond donors (Lipinski definition) is 1. The fourth-order valence-electron chi connectivity index (χ4n) is 3.32. The molecule has 8 nitrogen and oxygen atoms in total. The molecule has 1 aromatic carbocycles. The summed E-state index contributed by atoms with van der Waals surface area (Å²) in [5, 5.41) is 0. The Kier molecular flexibility index (Phi) is 6.41. The molecule has 3 rings (SSSR count). The SMILES string of the molecule is O=C(Cn1ccc(=O)[nH]c1=O)OCC(=O)N1CCC(Cc2ccccc2)CC1. The van der Waals surface area contributed by atoms with Crippen LogP contribution >= 0.6 is 0 Å². The van der Waals surface area contributed by atoms with Crippen LogP contribution in [0.15, 0.2) is 52.2 Å². The van der Waals surface area contributed by atoms with E-state index >= 15 is 0 Å². The fourth-order valence-corrected chi connectivity index (χ4v) is 3.32. The topological polar surface area (TPSA) is 101 Å². The Labute approximate surface area is 161 Å². The summed E-state index contributed by atoms with van der Waals surface area (Å²) in [7, 11) is 0. The van der Waals surface area contributed by atoms with E-state index in [1.807, 2.05) is 18.2 Å². The molecule has 0 bridgehead atoms. The van der Waals surface area contributed by atoms with Crippen molar-refractivity contribution in [2.24, 2.45) is 5.92 Å². The van der Waals surface area contributed by atoms with E-state index in [1.165, 1.54) is 11.8 Å². The van der Waals surface area contributed by atoms with E-state index in [0.717, 1.165) is 29.9 Å². The van der Waals surface area contributed by atoms with Crippen molar-refractivity contribution in [1.82, 2.24) is 14.5 Å². The second-order valence-corrected chi connectivity index (χ2v) is 6.91. The standard InChI is InChI=1S/C20H23N3O5/c24-17-8-11-23(20(27)21-17)13-19(26)28-14-18(25)22-9-6-16(7-10-22)12-15-4-2-1-3-5-15/h1-5,8,11,16H,6-7,9-10,12-14H2,(H,21,24,27). The quantitative estimate of drug-likeness (QED) is 0.732. The molecule has 1 amide bonds. The summed E-state index contributed by atoms with van der Waals surface area (Å²) >= 11 is 0. The summed E-state index contributed by atoms with van der Waals surface area (Å²) in [5.74, 6) is -0.400. The number of nitrogens with one attached hydrogen (secondary N) is 1. The van der Waals surface area contributed by atoms with Gasteiger partial charge in [0.1, 0.15) is 6.54 Å². The highest BCUT2D eigenvalue weighted by molar-refractivity contribution is 5.80. The normalized spacial score (nSPS) is 14.6. The molecule has 1 aliphatic heterocycles. The van der Waals surface area contributed by atoms with Crippen LogP contribution in [0.4, 0.5) is 0 Å². The molecule has 1 saturated heterocycles. The average molecular weight is 385 g/mol. The van der Waals surface area contributed by atoms with E-state index < -0.39 is 17.2 Å². The van der Waals surface area contributed by atoms with E-state index in [-0.39, 0.29) is 19.1 Å². The van der Waals surface area contributed by atoms with Gasteiger partial charge in [-0.3, -0.25) is 23.9 Å². The van der Waals surface area contributed by atoms with E-state index in [2.05, 4.69) is 17.1 Å². The molecule has 0 spiro atoms. The second kappa shape index (κ2) is 9.16. The highest BCUT2D eigenvalue weighted by Crippen LogP contribution is 2.21. The first-order valence-corrected chi connectivity index (χ1v) is 9.28. The van der Waals surface area contributed by atoms with E-state index in [1.54, 1.807) is 4.90 Å². The molecule has 0 aliphatic carbocycles. The molecule has 0 saturated carbocycles. The van der Waals surface area contributed by atoms with E-state index in [9.17, 15) is 19.2 Å². The molecule has 2 heterocycles. The molecule has 148 valence electrons. The van der Waals surface area contributed by atoms with Gasteiger partial charge in [-0.25, -0.2) is 4.79 Å². The highest BCUT2D eigenvalue weighted by atomic mass is 16.5. The molecule has 0 unspecified atom stereocenters. The Morgan fingerprint density at radius 2 is 1.79 bits per heavy atom. The van der Waals surface area contributed by atoms with Crippen LogP contribution in [0, 0.1) is 5.92 Å². The lowest BCUT2D eigenvalue weighted by molar-refractivity contribution is -0.153. The number of hydrogen-bond acceptors (Lipinski definition) is 5. The van der Waals surface area contributed by atoms with Crippen LogP contribution in [-0.2, 0) is 27.3 Å². The van der Waals surface area contributed by atoms with Gasteiger partial charge in [0.25, 0.3) is 11.5 Å². The maximum absolute atomic E-state index is 12.3. The molecule has 1 N–H and O–H groups in total. The summed E-state index contributed by atoms with van der Waals surface area (Å²) < 4.78 is 6.00. The summed E-state index contributed by atoms with van der Waals surface area (Å²) in [5.41, 5.74) is 0.0652. The summed E-state index contributed by atoms with van der Waals surface area (Å²) in [4.78, 5) is 50.4. The van der Waals surface area contributed by atoms with Crippen molar-refractivity contribution in [3.63, 3.8) is 0 Å². The molecule has 28 heavy (non-hydrogen) atoms. The largest absolute Gasteiger partial charge is 0.454 e. The number of aromatic amines is 1. The monoisotopic (exact) mass is 385 g/mol. The zero-order chi connectivity index (χ0) is 19.9. The van der Waals surface area contributed by atoms with Crippen LogP contribution < -0.4 is 11.2 Å². The van der Waals surface area contributed by atoms with Crippen LogP contribution in [0.3, 0.4) is 0 Å². The van der Waals surface area contributed by atoms with Gasteiger partial charge in [0.2, 0.25) is 0 Å².